The Hall–Kier alpha value is -0.219. The summed E-state index contributed by atoms with van der Waals surface area (Å²) in [5.41, 5.74) is 0.952. The fraction of sp³-hybridized carbons (Fsp3) is 0.688. The van der Waals surface area contributed by atoms with E-state index in [1.54, 1.807) is 11.3 Å². The summed E-state index contributed by atoms with van der Waals surface area (Å²) in [4.78, 5) is 13.0. The van der Waals surface area contributed by atoms with Crippen LogP contribution in [0.4, 0.5) is 0 Å². The van der Waals surface area contributed by atoms with Crippen LogP contribution in [0.15, 0.2) is 16.8 Å². The van der Waals surface area contributed by atoms with Crippen molar-refractivity contribution in [2.24, 2.45) is 0 Å². The molecule has 0 aliphatic carbocycles. The first-order valence-electron chi connectivity index (χ1n) is 8.13. The van der Waals surface area contributed by atoms with Crippen molar-refractivity contribution >= 4 is 42.0 Å². The second-order valence-corrected chi connectivity index (χ2v) is 24.1. The number of hydrogen-bond donors (Lipinski definition) is 0. The molecule has 0 fully saturated rings. The van der Waals surface area contributed by atoms with Crippen LogP contribution in [-0.4, -0.2) is 30.7 Å². The summed E-state index contributed by atoms with van der Waals surface area (Å²) < 4.78 is 12.4. The van der Waals surface area contributed by atoms with Crippen molar-refractivity contribution in [1.82, 2.24) is 0 Å². The Morgan fingerprint density at radius 3 is 1.91 bits per heavy atom. The lowest BCUT2D eigenvalue weighted by molar-refractivity contribution is -0.137. The lowest BCUT2D eigenvalue weighted by Gasteiger charge is -2.38. The van der Waals surface area contributed by atoms with E-state index in [9.17, 15) is 4.79 Å². The van der Waals surface area contributed by atoms with E-state index in [0.29, 0.717) is 0 Å². The molecule has 1 heterocycles. The molecular formula is C16H32O3SSi3. The minimum Gasteiger partial charge on any atom is -0.520 e. The van der Waals surface area contributed by atoms with Gasteiger partial charge in [0.05, 0.1) is 19.7 Å². The van der Waals surface area contributed by atoms with Crippen molar-refractivity contribution in [3.8, 4) is 0 Å². The van der Waals surface area contributed by atoms with Crippen molar-refractivity contribution in [2.45, 2.75) is 70.6 Å². The van der Waals surface area contributed by atoms with Gasteiger partial charge in [0.1, 0.15) is 0 Å². The molecule has 7 heteroatoms. The largest absolute Gasteiger partial charge is 0.520 e. The zero-order valence-corrected chi connectivity index (χ0v) is 19.8. The lowest BCUT2D eigenvalue weighted by Crippen LogP contribution is -2.45. The second-order valence-electron chi connectivity index (χ2n) is 9.08. The van der Waals surface area contributed by atoms with E-state index in [1.165, 1.54) is 0 Å². The van der Waals surface area contributed by atoms with Gasteiger partial charge in [-0.1, -0.05) is 19.6 Å². The molecule has 2 atom stereocenters. The van der Waals surface area contributed by atoms with Crippen LogP contribution in [0, 0.1) is 0 Å². The fourth-order valence-corrected chi connectivity index (χ4v) is 7.08. The van der Waals surface area contributed by atoms with Crippen molar-refractivity contribution in [3.05, 3.63) is 22.4 Å². The quantitative estimate of drug-likeness (QED) is 0.560. The van der Waals surface area contributed by atoms with Crippen LogP contribution in [0.2, 0.25) is 64.5 Å². The molecule has 0 amide bonds. The van der Waals surface area contributed by atoms with E-state index >= 15 is 0 Å². The van der Waals surface area contributed by atoms with Gasteiger partial charge in [-0.3, -0.25) is 4.79 Å². The molecule has 0 aliphatic rings. The van der Waals surface area contributed by atoms with Crippen molar-refractivity contribution in [3.63, 3.8) is 0 Å². The molecular weight excluding hydrogens is 356 g/mol. The second kappa shape index (κ2) is 7.35. The monoisotopic (exact) mass is 388 g/mol. The summed E-state index contributed by atoms with van der Waals surface area (Å²) in [6, 6.07) is 2.09. The van der Waals surface area contributed by atoms with Gasteiger partial charge in [-0.15, -0.1) is 0 Å². The predicted octanol–water partition coefficient (Wildman–Crippen LogP) is 5.73. The molecule has 1 aromatic heterocycles. The van der Waals surface area contributed by atoms with Gasteiger partial charge in [-0.25, -0.2) is 0 Å². The van der Waals surface area contributed by atoms with E-state index in [1.807, 2.05) is 0 Å². The van der Waals surface area contributed by atoms with Crippen molar-refractivity contribution < 1.29 is 13.6 Å². The Balaban J connectivity index is 3.26. The molecule has 23 heavy (non-hydrogen) atoms. The van der Waals surface area contributed by atoms with E-state index in [0.717, 1.165) is 5.56 Å². The molecule has 0 unspecified atom stereocenters. The van der Waals surface area contributed by atoms with Gasteiger partial charge in [0.15, 0.2) is 8.32 Å². The SMILES string of the molecule is C[Si](C)(C)OC(=O)[C@H]([C@@H](O[Si](C)(C)C)c1ccsc1)[Si](C)(C)C. The molecule has 0 spiro atoms. The third kappa shape index (κ3) is 7.04. The van der Waals surface area contributed by atoms with Crippen molar-refractivity contribution in [2.75, 3.05) is 0 Å². The number of carbonyl (C=O) groups excluding carboxylic acids is 1. The molecule has 0 radical (unpaired) electrons. The Morgan fingerprint density at radius 2 is 1.57 bits per heavy atom. The highest BCUT2D eigenvalue weighted by Crippen LogP contribution is 2.42. The average Bonchev–Trinajstić information content (AvgIpc) is 2.73. The highest BCUT2D eigenvalue weighted by molar-refractivity contribution is 7.08. The topological polar surface area (TPSA) is 35.5 Å². The fourth-order valence-electron chi connectivity index (χ4n) is 2.44. The Bertz CT molecular complexity index is 510. The zero-order chi connectivity index (χ0) is 18.1. The summed E-state index contributed by atoms with van der Waals surface area (Å²) in [5, 5.41) is 4.17. The first-order chi connectivity index (χ1) is 10.2. The third-order valence-corrected chi connectivity index (χ3v) is 8.13. The minimum absolute atomic E-state index is 0.0576. The highest BCUT2D eigenvalue weighted by Gasteiger charge is 2.44. The van der Waals surface area contributed by atoms with Crippen LogP contribution < -0.4 is 0 Å². The number of rotatable bonds is 7. The maximum absolute atomic E-state index is 13.0. The van der Waals surface area contributed by atoms with Gasteiger partial charge >= 0.3 is 0 Å². The average molecular weight is 389 g/mol. The molecule has 0 saturated carbocycles. The summed E-state index contributed by atoms with van der Waals surface area (Å²) >= 11 is 1.65. The zero-order valence-electron chi connectivity index (χ0n) is 16.0. The van der Waals surface area contributed by atoms with Gasteiger partial charge < -0.3 is 8.85 Å². The Morgan fingerprint density at radius 1 is 1.00 bits per heavy atom. The van der Waals surface area contributed by atoms with Crippen LogP contribution in [0.3, 0.4) is 0 Å². The van der Waals surface area contributed by atoms with E-state index < -0.39 is 24.7 Å². The number of hydrogen-bond acceptors (Lipinski definition) is 4. The minimum atomic E-state index is -1.92. The molecule has 0 saturated heterocycles. The number of thiophene rings is 1. The Kier molecular flexibility index (Phi) is 6.65. The summed E-state index contributed by atoms with van der Waals surface area (Å²) in [5.74, 6) is -0.0576. The number of carbonyl (C=O) groups is 1. The van der Waals surface area contributed by atoms with Gasteiger partial charge in [-0.05, 0) is 61.7 Å². The summed E-state index contributed by atoms with van der Waals surface area (Å²) in [6.07, 6.45) is -0.177. The van der Waals surface area contributed by atoms with Gasteiger partial charge in [0.25, 0.3) is 5.97 Å². The smallest absolute Gasteiger partial charge is 0.295 e. The Labute approximate surface area is 148 Å². The first kappa shape index (κ1) is 20.8. The molecule has 0 aromatic carbocycles. The van der Waals surface area contributed by atoms with E-state index in [2.05, 4.69) is 75.7 Å². The highest BCUT2D eigenvalue weighted by atomic mass is 32.1. The summed E-state index contributed by atoms with van der Waals surface area (Å²) in [6.45, 7) is 19.4. The first-order valence-corrected chi connectivity index (χ1v) is 19.5. The molecule has 3 nitrogen and oxygen atoms in total. The van der Waals surface area contributed by atoms with Gasteiger partial charge in [-0.2, -0.15) is 11.3 Å². The predicted molar refractivity (Wildman–Crippen MR) is 108 cm³/mol. The molecule has 0 N–H and O–H groups in total. The maximum atomic E-state index is 13.0. The van der Waals surface area contributed by atoms with Crippen LogP contribution >= 0.6 is 11.3 Å². The van der Waals surface area contributed by atoms with Crippen LogP contribution in [0.5, 0.6) is 0 Å². The summed E-state index contributed by atoms with van der Waals surface area (Å²) in [7, 11) is -5.53. The van der Waals surface area contributed by atoms with Crippen molar-refractivity contribution in [1.29, 1.82) is 0 Å². The normalized spacial score (nSPS) is 16.0. The van der Waals surface area contributed by atoms with Crippen LogP contribution in [0.25, 0.3) is 0 Å². The van der Waals surface area contributed by atoms with E-state index in [4.69, 9.17) is 8.85 Å². The van der Waals surface area contributed by atoms with Gasteiger partial charge in [0.2, 0.25) is 8.32 Å². The lowest BCUT2D eigenvalue weighted by atomic mass is 10.1. The molecule has 1 aromatic rings. The molecule has 0 aliphatic heterocycles. The standard InChI is InChI=1S/C16H32O3SSi3/c1-21(2,3)15(16(17)19-23(7,8)9)14(18-22(4,5)6)13-10-11-20-12-13/h10-12,14-15H,1-9H3/t14-,15-/m0/s1. The van der Waals surface area contributed by atoms with Crippen LogP contribution in [0.1, 0.15) is 11.7 Å². The van der Waals surface area contributed by atoms with Gasteiger partial charge in [0, 0.05) is 0 Å². The third-order valence-electron chi connectivity index (χ3n) is 3.25. The molecule has 0 bridgehead atoms. The van der Waals surface area contributed by atoms with E-state index in [-0.39, 0.29) is 17.6 Å². The maximum Gasteiger partial charge on any atom is 0.295 e. The molecule has 132 valence electrons. The molecule has 1 rings (SSSR count). The van der Waals surface area contributed by atoms with Crippen LogP contribution in [-0.2, 0) is 13.6 Å².